The number of hydrogen-bond acceptors (Lipinski definition) is 4. The molecule has 11 heavy (non-hydrogen) atoms. The lowest BCUT2D eigenvalue weighted by molar-refractivity contribution is -0.156. The molecule has 0 radical (unpaired) electrons. The molecule has 0 spiro atoms. The Balaban J connectivity index is 3.07. The molecule has 0 saturated carbocycles. The smallest absolute Gasteiger partial charge is 0.270 e. The van der Waals surface area contributed by atoms with Crippen LogP contribution in [0.4, 0.5) is 0 Å². The molecule has 6 heteroatoms. The van der Waals surface area contributed by atoms with Crippen molar-refractivity contribution >= 4 is 21.1 Å². The van der Waals surface area contributed by atoms with Gasteiger partial charge in [0, 0.05) is 6.08 Å². The van der Waals surface area contributed by atoms with Crippen LogP contribution in [0.2, 0.25) is 0 Å². The number of amides is 1. The number of nitrogens with zero attached hydrogens (tertiary/aromatic N) is 1. The molecular formula is C5H5NO4S. The molecule has 1 amide bonds. The van der Waals surface area contributed by atoms with Crippen molar-refractivity contribution in [3.63, 3.8) is 0 Å². The Morgan fingerprint density at radius 1 is 1.45 bits per heavy atom. The average molecular weight is 175 g/mol. The van der Waals surface area contributed by atoms with Gasteiger partial charge in [0.15, 0.2) is 0 Å². The van der Waals surface area contributed by atoms with Gasteiger partial charge in [-0.1, -0.05) is 0 Å². The third kappa shape index (κ3) is 1.66. The Hall–Kier alpha value is -1.14. The number of hydrogen-bond donors (Lipinski definition) is 1. The van der Waals surface area contributed by atoms with Gasteiger partial charge < -0.3 is 0 Å². The van der Waals surface area contributed by atoms with Crippen LogP contribution < -0.4 is 0 Å². The first-order valence-electron chi connectivity index (χ1n) is 2.75. The van der Waals surface area contributed by atoms with Gasteiger partial charge >= 0.3 is 0 Å². The van der Waals surface area contributed by atoms with Crippen LogP contribution >= 0.6 is 0 Å². The van der Waals surface area contributed by atoms with Crippen molar-refractivity contribution in [2.24, 2.45) is 0 Å². The van der Waals surface area contributed by atoms with Crippen LogP contribution in [0.3, 0.4) is 0 Å². The monoisotopic (exact) mass is 175 g/mol. The van der Waals surface area contributed by atoms with Crippen LogP contribution in [-0.2, 0) is 15.1 Å². The van der Waals surface area contributed by atoms with Crippen molar-refractivity contribution in [1.82, 2.24) is 5.06 Å². The molecular weight excluding hydrogens is 170 g/mol. The summed E-state index contributed by atoms with van der Waals surface area (Å²) in [7, 11) is -2.36. The Morgan fingerprint density at radius 3 is 2.55 bits per heavy atom. The highest BCUT2D eigenvalue weighted by Crippen LogP contribution is 1.95. The maximum Gasteiger partial charge on any atom is 0.270 e. The van der Waals surface area contributed by atoms with Crippen molar-refractivity contribution in [3.8, 4) is 0 Å². The predicted octanol–water partition coefficient (Wildman–Crippen LogP) is -1.17. The summed E-state index contributed by atoms with van der Waals surface area (Å²) in [6, 6.07) is 0. The molecule has 1 heterocycles. The van der Waals surface area contributed by atoms with E-state index in [9.17, 15) is 13.2 Å². The predicted molar refractivity (Wildman–Crippen MR) is 36.6 cm³/mol. The van der Waals surface area contributed by atoms with Gasteiger partial charge in [0.25, 0.3) is 5.91 Å². The second-order valence-electron chi connectivity index (χ2n) is 1.93. The molecule has 0 saturated heterocycles. The van der Waals surface area contributed by atoms with Crippen molar-refractivity contribution in [2.45, 2.75) is 0 Å². The summed E-state index contributed by atoms with van der Waals surface area (Å²) in [6.45, 7) is -0.272. The van der Waals surface area contributed by atoms with Crippen molar-refractivity contribution < 1.29 is 18.4 Å². The van der Waals surface area contributed by atoms with Crippen LogP contribution in [0, 0.1) is 0 Å². The maximum atomic E-state index is 10.5. The topological polar surface area (TPSA) is 74.7 Å². The van der Waals surface area contributed by atoms with Crippen LogP contribution in [-0.4, -0.2) is 36.0 Å². The zero-order valence-corrected chi connectivity index (χ0v) is 6.21. The molecule has 5 nitrogen and oxygen atoms in total. The molecule has 0 unspecified atom stereocenters. The van der Waals surface area contributed by atoms with Gasteiger partial charge in [0.05, 0.1) is 11.4 Å². The summed E-state index contributed by atoms with van der Waals surface area (Å²) in [4.78, 5) is 10.5. The molecule has 0 aliphatic carbocycles. The highest BCUT2D eigenvalue weighted by molar-refractivity contribution is 7.73. The Labute approximate surface area is 64.0 Å². The second-order valence-corrected chi connectivity index (χ2v) is 2.92. The second kappa shape index (κ2) is 2.85. The van der Waals surface area contributed by atoms with Gasteiger partial charge in [0.2, 0.25) is 10.3 Å². The molecule has 1 N–H and O–H groups in total. The van der Waals surface area contributed by atoms with Crippen molar-refractivity contribution in [3.05, 3.63) is 12.2 Å². The zero-order chi connectivity index (χ0) is 8.43. The third-order valence-electron chi connectivity index (χ3n) is 1.19. The quantitative estimate of drug-likeness (QED) is 0.371. The van der Waals surface area contributed by atoms with Gasteiger partial charge in [-0.25, -0.2) is 5.06 Å². The number of rotatable bonds is 0. The fraction of sp³-hybridized carbons (Fsp3) is 0.200. The van der Waals surface area contributed by atoms with E-state index in [1.165, 1.54) is 0 Å². The molecule has 0 atom stereocenters. The molecule has 1 aliphatic rings. The minimum Gasteiger partial charge on any atom is -0.285 e. The average Bonchev–Trinajstić information content (AvgIpc) is 1.94. The lowest BCUT2D eigenvalue weighted by Crippen LogP contribution is -2.34. The molecule has 1 rings (SSSR count). The highest BCUT2D eigenvalue weighted by atomic mass is 32.2. The van der Waals surface area contributed by atoms with E-state index in [-0.39, 0.29) is 11.4 Å². The Kier molecular flexibility index (Phi) is 2.06. The SMILES string of the molecule is O=C1C=CC(=S(=O)=O)CN1O. The minimum atomic E-state index is -2.36. The summed E-state index contributed by atoms with van der Waals surface area (Å²) in [5.41, 5.74) is 0. The zero-order valence-electron chi connectivity index (χ0n) is 5.39. The first-order chi connectivity index (χ1) is 5.11. The van der Waals surface area contributed by atoms with Gasteiger partial charge in [-0.2, -0.15) is 8.42 Å². The first kappa shape index (κ1) is 7.96. The maximum absolute atomic E-state index is 10.5. The lowest BCUT2D eigenvalue weighted by Gasteiger charge is -2.14. The van der Waals surface area contributed by atoms with E-state index in [2.05, 4.69) is 0 Å². The summed E-state index contributed by atoms with van der Waals surface area (Å²) >= 11 is 0. The van der Waals surface area contributed by atoms with Gasteiger partial charge in [-0.3, -0.25) is 10.0 Å². The van der Waals surface area contributed by atoms with E-state index in [1.54, 1.807) is 0 Å². The first-order valence-corrected chi connectivity index (χ1v) is 3.82. The van der Waals surface area contributed by atoms with Gasteiger partial charge in [-0.05, 0) is 6.08 Å². The van der Waals surface area contributed by atoms with E-state index >= 15 is 0 Å². The highest BCUT2D eigenvalue weighted by Gasteiger charge is 2.15. The van der Waals surface area contributed by atoms with Crippen LogP contribution in [0.1, 0.15) is 0 Å². The number of hydroxylamine groups is 2. The number of carbonyl (C=O) groups excluding carboxylic acids is 1. The number of carbonyl (C=O) groups is 1. The van der Waals surface area contributed by atoms with E-state index in [0.29, 0.717) is 5.06 Å². The van der Waals surface area contributed by atoms with E-state index < -0.39 is 16.2 Å². The molecule has 1 aliphatic heterocycles. The summed E-state index contributed by atoms with van der Waals surface area (Å²) in [6.07, 6.45) is 2.16. The molecule has 0 aromatic rings. The minimum absolute atomic E-state index is 0.00731. The Bertz CT molecular complexity index is 331. The standard InChI is InChI=1S/C5H5NO4S/c7-5-2-1-4(11(9)10)3-6(5)8/h1-2,8H,3H2. The third-order valence-corrected chi connectivity index (χ3v) is 1.88. The van der Waals surface area contributed by atoms with E-state index in [4.69, 9.17) is 5.21 Å². The summed E-state index contributed by atoms with van der Waals surface area (Å²) in [5, 5.41) is 9.07. The van der Waals surface area contributed by atoms with Crippen LogP contribution in [0.5, 0.6) is 0 Å². The van der Waals surface area contributed by atoms with E-state index in [0.717, 1.165) is 12.2 Å². The molecule has 0 bridgehead atoms. The summed E-state index contributed by atoms with van der Waals surface area (Å²) < 4.78 is 20.5. The van der Waals surface area contributed by atoms with E-state index in [1.807, 2.05) is 0 Å². The fourth-order valence-electron chi connectivity index (χ4n) is 0.637. The van der Waals surface area contributed by atoms with Crippen molar-refractivity contribution in [1.29, 1.82) is 0 Å². The largest absolute Gasteiger partial charge is 0.285 e. The van der Waals surface area contributed by atoms with Gasteiger partial charge in [0.1, 0.15) is 0 Å². The molecule has 60 valence electrons. The van der Waals surface area contributed by atoms with Gasteiger partial charge in [-0.15, -0.1) is 0 Å². The Morgan fingerprint density at radius 2 is 2.09 bits per heavy atom. The molecule has 0 fully saturated rings. The van der Waals surface area contributed by atoms with Crippen LogP contribution in [0.25, 0.3) is 0 Å². The molecule has 0 aromatic carbocycles. The van der Waals surface area contributed by atoms with Crippen molar-refractivity contribution in [2.75, 3.05) is 6.54 Å². The van der Waals surface area contributed by atoms with Crippen LogP contribution in [0.15, 0.2) is 12.2 Å². The summed E-state index contributed by atoms with van der Waals surface area (Å²) in [5.74, 6) is -0.612. The lowest BCUT2D eigenvalue weighted by atomic mass is 10.3. The molecule has 0 aromatic heterocycles. The normalized spacial score (nSPS) is 17.4. The fourth-order valence-corrected chi connectivity index (χ4v) is 1.04.